The number of nitrogens with one attached hydrogen (secondary N) is 1. The molecular formula is C21H18N4O2S. The standard InChI is InChI=1S/C21H18N4O2S/c1-12-8-9-15(13(2)10-12)19-23-24-21(28-19)22-18(26)11-25-14(3)16-6-4-5-7-17(16)20(25)27/h4-10H,3,11H2,1-2H3,(H,22,24,26). The zero-order chi connectivity index (χ0) is 19.8. The van der Waals surface area contributed by atoms with E-state index >= 15 is 0 Å². The Balaban J connectivity index is 1.46. The van der Waals surface area contributed by atoms with Gasteiger partial charge in [0.1, 0.15) is 11.6 Å². The SMILES string of the molecule is C=C1c2ccccc2C(=O)N1CC(=O)Nc1nnc(-c2ccc(C)cc2C)s1. The van der Waals surface area contributed by atoms with E-state index in [1.807, 2.05) is 38.1 Å². The Hall–Kier alpha value is -3.32. The first kappa shape index (κ1) is 18.1. The van der Waals surface area contributed by atoms with Crippen molar-refractivity contribution >= 4 is 34.0 Å². The number of carbonyl (C=O) groups is 2. The summed E-state index contributed by atoms with van der Waals surface area (Å²) in [7, 11) is 0. The molecule has 1 aliphatic rings. The Morgan fingerprint density at radius 2 is 1.86 bits per heavy atom. The molecule has 0 saturated heterocycles. The quantitative estimate of drug-likeness (QED) is 0.733. The van der Waals surface area contributed by atoms with Crippen molar-refractivity contribution in [1.29, 1.82) is 0 Å². The normalized spacial score (nSPS) is 13.0. The highest BCUT2D eigenvalue weighted by Crippen LogP contribution is 2.32. The van der Waals surface area contributed by atoms with Crippen LogP contribution in [0.25, 0.3) is 16.3 Å². The molecule has 2 amide bonds. The number of hydrogen-bond acceptors (Lipinski definition) is 5. The van der Waals surface area contributed by atoms with Crippen LogP contribution in [0.5, 0.6) is 0 Å². The average molecular weight is 390 g/mol. The highest BCUT2D eigenvalue weighted by Gasteiger charge is 2.32. The van der Waals surface area contributed by atoms with E-state index in [1.54, 1.807) is 12.1 Å². The first-order chi connectivity index (χ1) is 13.4. The van der Waals surface area contributed by atoms with Gasteiger partial charge in [0, 0.05) is 22.4 Å². The van der Waals surface area contributed by atoms with Crippen LogP contribution in [-0.2, 0) is 4.79 Å². The van der Waals surface area contributed by atoms with Gasteiger partial charge < -0.3 is 0 Å². The summed E-state index contributed by atoms with van der Waals surface area (Å²) in [6, 6.07) is 13.3. The van der Waals surface area contributed by atoms with Crippen LogP contribution in [0.1, 0.15) is 27.0 Å². The maximum atomic E-state index is 12.5. The van der Waals surface area contributed by atoms with Crippen LogP contribution in [0.4, 0.5) is 5.13 Å². The van der Waals surface area contributed by atoms with Gasteiger partial charge in [0.2, 0.25) is 11.0 Å². The van der Waals surface area contributed by atoms with Gasteiger partial charge in [0.25, 0.3) is 5.91 Å². The van der Waals surface area contributed by atoms with Crippen molar-refractivity contribution in [2.75, 3.05) is 11.9 Å². The van der Waals surface area contributed by atoms with Crippen molar-refractivity contribution in [3.8, 4) is 10.6 Å². The molecular weight excluding hydrogens is 372 g/mol. The molecule has 0 bridgehead atoms. The molecule has 140 valence electrons. The van der Waals surface area contributed by atoms with Gasteiger partial charge in [-0.05, 0) is 25.5 Å². The molecule has 0 atom stereocenters. The number of fused-ring (bicyclic) bond motifs is 1. The van der Waals surface area contributed by atoms with Gasteiger partial charge in [-0.15, -0.1) is 10.2 Å². The summed E-state index contributed by atoms with van der Waals surface area (Å²) < 4.78 is 0. The van der Waals surface area contributed by atoms with Gasteiger partial charge in [-0.2, -0.15) is 0 Å². The lowest BCUT2D eigenvalue weighted by molar-refractivity contribution is -0.116. The molecule has 0 saturated carbocycles. The van der Waals surface area contributed by atoms with E-state index in [0.717, 1.165) is 21.7 Å². The maximum Gasteiger partial charge on any atom is 0.259 e. The van der Waals surface area contributed by atoms with Crippen LogP contribution >= 0.6 is 11.3 Å². The lowest BCUT2D eigenvalue weighted by Gasteiger charge is -2.16. The molecule has 1 aromatic heterocycles. The van der Waals surface area contributed by atoms with Gasteiger partial charge in [0.05, 0.1) is 0 Å². The van der Waals surface area contributed by atoms with Crippen LogP contribution in [0.2, 0.25) is 0 Å². The van der Waals surface area contributed by atoms with Gasteiger partial charge in [-0.3, -0.25) is 19.8 Å². The summed E-state index contributed by atoms with van der Waals surface area (Å²) in [6.45, 7) is 7.88. The topological polar surface area (TPSA) is 75.2 Å². The highest BCUT2D eigenvalue weighted by atomic mass is 32.1. The van der Waals surface area contributed by atoms with Gasteiger partial charge in [-0.25, -0.2) is 0 Å². The molecule has 0 fully saturated rings. The lowest BCUT2D eigenvalue weighted by Crippen LogP contribution is -2.32. The predicted molar refractivity (Wildman–Crippen MR) is 110 cm³/mol. The molecule has 7 heteroatoms. The van der Waals surface area contributed by atoms with Crippen LogP contribution in [0, 0.1) is 13.8 Å². The van der Waals surface area contributed by atoms with Gasteiger partial charge in [0.15, 0.2) is 0 Å². The predicted octanol–water partition coefficient (Wildman–Crippen LogP) is 3.89. The number of aryl methyl sites for hydroxylation is 2. The fraction of sp³-hybridized carbons (Fsp3) is 0.143. The molecule has 2 aromatic carbocycles. The minimum absolute atomic E-state index is 0.120. The molecule has 1 N–H and O–H groups in total. The zero-order valence-electron chi connectivity index (χ0n) is 15.5. The largest absolute Gasteiger partial charge is 0.299 e. The molecule has 4 rings (SSSR count). The minimum Gasteiger partial charge on any atom is -0.299 e. The fourth-order valence-corrected chi connectivity index (χ4v) is 4.09. The third-order valence-electron chi connectivity index (χ3n) is 4.62. The fourth-order valence-electron chi connectivity index (χ4n) is 3.24. The lowest BCUT2D eigenvalue weighted by atomic mass is 10.1. The molecule has 0 unspecified atom stereocenters. The van der Waals surface area contributed by atoms with E-state index in [2.05, 4.69) is 28.2 Å². The molecule has 2 heterocycles. The van der Waals surface area contributed by atoms with Gasteiger partial charge in [-0.1, -0.05) is 59.9 Å². The minimum atomic E-state index is -0.342. The van der Waals surface area contributed by atoms with E-state index in [4.69, 9.17) is 0 Å². The molecule has 1 aliphatic heterocycles. The molecule has 0 aliphatic carbocycles. The second-order valence-corrected chi connectivity index (χ2v) is 7.64. The molecule has 6 nitrogen and oxygen atoms in total. The summed E-state index contributed by atoms with van der Waals surface area (Å²) in [4.78, 5) is 26.4. The number of aromatic nitrogens is 2. The van der Waals surface area contributed by atoms with Gasteiger partial charge >= 0.3 is 0 Å². The second kappa shape index (κ2) is 7.01. The van der Waals surface area contributed by atoms with Crippen molar-refractivity contribution in [2.45, 2.75) is 13.8 Å². The molecule has 0 radical (unpaired) electrons. The van der Waals surface area contributed by atoms with Crippen molar-refractivity contribution in [3.05, 3.63) is 71.3 Å². The number of anilines is 1. The Morgan fingerprint density at radius 3 is 2.57 bits per heavy atom. The molecule has 3 aromatic rings. The Labute approximate surface area is 166 Å². The molecule has 0 spiro atoms. The molecule has 28 heavy (non-hydrogen) atoms. The summed E-state index contributed by atoms with van der Waals surface area (Å²) in [6.07, 6.45) is 0. The average Bonchev–Trinajstić information content (AvgIpc) is 3.21. The number of amides is 2. The third kappa shape index (κ3) is 3.20. The highest BCUT2D eigenvalue weighted by molar-refractivity contribution is 7.18. The summed E-state index contributed by atoms with van der Waals surface area (Å²) >= 11 is 1.30. The summed E-state index contributed by atoms with van der Waals surface area (Å²) in [5, 5.41) is 12.1. The smallest absolute Gasteiger partial charge is 0.259 e. The van der Waals surface area contributed by atoms with Crippen molar-refractivity contribution in [2.24, 2.45) is 0 Å². The van der Waals surface area contributed by atoms with Crippen LogP contribution in [0.3, 0.4) is 0 Å². The van der Waals surface area contributed by atoms with Crippen LogP contribution < -0.4 is 5.32 Å². The van der Waals surface area contributed by atoms with Crippen molar-refractivity contribution < 1.29 is 9.59 Å². The Morgan fingerprint density at radius 1 is 1.11 bits per heavy atom. The Bertz CT molecular complexity index is 1080. The van der Waals surface area contributed by atoms with Crippen LogP contribution in [-0.4, -0.2) is 33.5 Å². The van der Waals surface area contributed by atoms with Crippen LogP contribution in [0.15, 0.2) is 49.0 Å². The maximum absolute atomic E-state index is 12.5. The summed E-state index contributed by atoms with van der Waals surface area (Å²) in [5.41, 5.74) is 5.12. The third-order valence-corrected chi connectivity index (χ3v) is 5.50. The number of carbonyl (C=O) groups excluding carboxylic acids is 2. The van der Waals surface area contributed by atoms with Crippen molar-refractivity contribution in [1.82, 2.24) is 15.1 Å². The number of nitrogens with zero attached hydrogens (tertiary/aromatic N) is 3. The van der Waals surface area contributed by atoms with Crippen molar-refractivity contribution in [3.63, 3.8) is 0 Å². The number of hydrogen-bond donors (Lipinski definition) is 1. The zero-order valence-corrected chi connectivity index (χ0v) is 16.3. The van der Waals surface area contributed by atoms with E-state index < -0.39 is 0 Å². The van der Waals surface area contributed by atoms with E-state index in [0.29, 0.717) is 16.4 Å². The second-order valence-electron chi connectivity index (χ2n) is 6.66. The number of rotatable bonds is 4. The number of benzene rings is 2. The van der Waals surface area contributed by atoms with E-state index in [1.165, 1.54) is 21.8 Å². The first-order valence-electron chi connectivity index (χ1n) is 8.75. The van der Waals surface area contributed by atoms with E-state index in [9.17, 15) is 9.59 Å². The van der Waals surface area contributed by atoms with E-state index in [-0.39, 0.29) is 18.4 Å². The Kier molecular flexibility index (Phi) is 4.52. The first-order valence-corrected chi connectivity index (χ1v) is 9.57. The summed E-state index contributed by atoms with van der Waals surface area (Å²) in [5.74, 6) is -0.561. The monoisotopic (exact) mass is 390 g/mol.